The maximum Gasteiger partial charge on any atom is 0.320 e. The lowest BCUT2D eigenvalue weighted by Crippen LogP contribution is -2.13. The number of carbonyl (C=O) groups is 1. The first-order valence-electron chi connectivity index (χ1n) is 9.15. The number of carbonyl (C=O) groups excluding carboxylic acids is 1. The number of nitrogens with zero attached hydrogens (tertiary/aromatic N) is 3. The number of anilines is 5. The Hall–Kier alpha value is -4.20. The second kappa shape index (κ2) is 8.44. The van der Waals surface area contributed by atoms with E-state index in [0.717, 1.165) is 11.4 Å². The van der Waals surface area contributed by atoms with Crippen LogP contribution in [-0.2, 0) is 0 Å². The van der Waals surface area contributed by atoms with E-state index in [4.69, 9.17) is 4.42 Å². The molecule has 0 spiro atoms. The van der Waals surface area contributed by atoms with Crippen LogP contribution >= 0.6 is 0 Å². The van der Waals surface area contributed by atoms with Gasteiger partial charge in [0, 0.05) is 24.1 Å². The van der Waals surface area contributed by atoms with Crippen molar-refractivity contribution in [2.45, 2.75) is 0 Å². The van der Waals surface area contributed by atoms with E-state index < -0.39 is 11.7 Å². The largest absolute Gasteiger partial charge is 0.399 e. The predicted molar refractivity (Wildman–Crippen MR) is 113 cm³/mol. The van der Waals surface area contributed by atoms with Crippen molar-refractivity contribution < 1.29 is 13.6 Å². The van der Waals surface area contributed by atoms with Gasteiger partial charge in [-0.2, -0.15) is 0 Å². The molecule has 30 heavy (non-hydrogen) atoms. The van der Waals surface area contributed by atoms with Crippen molar-refractivity contribution >= 4 is 34.7 Å². The molecule has 0 aliphatic rings. The Bertz CT molecular complexity index is 1150. The van der Waals surface area contributed by atoms with Gasteiger partial charge in [-0.1, -0.05) is 35.4 Å². The molecule has 0 saturated carbocycles. The quantitative estimate of drug-likeness (QED) is 0.473. The molecule has 4 aromatic rings. The highest BCUT2D eigenvalue weighted by atomic mass is 19.1. The molecule has 0 fully saturated rings. The average Bonchev–Trinajstić information content (AvgIpc) is 3.25. The van der Waals surface area contributed by atoms with Crippen molar-refractivity contribution in [2.24, 2.45) is 0 Å². The maximum atomic E-state index is 13.7. The van der Waals surface area contributed by atoms with E-state index >= 15 is 0 Å². The van der Waals surface area contributed by atoms with Crippen molar-refractivity contribution in [3.05, 3.63) is 90.6 Å². The van der Waals surface area contributed by atoms with Gasteiger partial charge in [0.15, 0.2) is 0 Å². The fraction of sp³-hybridized carbons (Fsp3) is 0.0455. The van der Waals surface area contributed by atoms with Crippen molar-refractivity contribution in [2.75, 3.05) is 22.6 Å². The predicted octanol–water partition coefficient (Wildman–Crippen LogP) is 4.97. The molecule has 0 saturated heterocycles. The molecule has 0 aliphatic heterocycles. The van der Waals surface area contributed by atoms with Crippen LogP contribution in [0.5, 0.6) is 0 Å². The molecule has 1 amide bonds. The molecule has 1 heterocycles. The van der Waals surface area contributed by atoms with Crippen molar-refractivity contribution in [3.63, 3.8) is 0 Å². The molecule has 7 nitrogen and oxygen atoms in total. The zero-order chi connectivity index (χ0) is 20.9. The first-order chi connectivity index (χ1) is 14.6. The second-order valence-corrected chi connectivity index (χ2v) is 6.41. The van der Waals surface area contributed by atoms with Gasteiger partial charge in [-0.25, -0.2) is 4.39 Å². The number of amides is 1. The number of halogens is 1. The molecule has 4 rings (SSSR count). The summed E-state index contributed by atoms with van der Waals surface area (Å²) in [5.41, 5.74) is 2.77. The molecule has 0 aliphatic carbocycles. The van der Waals surface area contributed by atoms with E-state index in [1.165, 1.54) is 12.1 Å². The van der Waals surface area contributed by atoms with E-state index in [9.17, 15) is 9.18 Å². The molecule has 8 heteroatoms. The Labute approximate surface area is 172 Å². The highest BCUT2D eigenvalue weighted by molar-refractivity contribution is 6.01. The zero-order valence-corrected chi connectivity index (χ0v) is 16.0. The van der Waals surface area contributed by atoms with Crippen molar-refractivity contribution in [1.29, 1.82) is 0 Å². The third-order valence-electron chi connectivity index (χ3n) is 4.39. The highest BCUT2D eigenvalue weighted by Gasteiger charge is 2.16. The second-order valence-electron chi connectivity index (χ2n) is 6.41. The minimum absolute atomic E-state index is 0.0786. The summed E-state index contributed by atoms with van der Waals surface area (Å²) < 4.78 is 19.0. The van der Waals surface area contributed by atoms with E-state index in [1.54, 1.807) is 24.3 Å². The van der Waals surface area contributed by atoms with Gasteiger partial charge in [-0.3, -0.25) is 4.79 Å². The van der Waals surface area contributed by atoms with Gasteiger partial charge in [-0.05, 0) is 48.5 Å². The van der Waals surface area contributed by atoms with Gasteiger partial charge in [0.1, 0.15) is 5.82 Å². The Morgan fingerprint density at radius 2 is 1.57 bits per heavy atom. The number of hydrogen-bond acceptors (Lipinski definition) is 6. The maximum absolute atomic E-state index is 13.7. The monoisotopic (exact) mass is 403 g/mol. The molecule has 2 N–H and O–H groups in total. The van der Waals surface area contributed by atoms with E-state index in [2.05, 4.69) is 20.8 Å². The summed E-state index contributed by atoms with van der Waals surface area (Å²) in [6.07, 6.45) is 0. The van der Waals surface area contributed by atoms with Crippen molar-refractivity contribution in [3.8, 4) is 0 Å². The fourth-order valence-corrected chi connectivity index (χ4v) is 2.80. The number of rotatable bonds is 6. The lowest BCUT2D eigenvalue weighted by Gasteiger charge is -2.19. The molecular formula is C22H18FN5O2. The van der Waals surface area contributed by atoms with Crippen LogP contribution in [0.15, 0.2) is 83.3 Å². The van der Waals surface area contributed by atoms with Gasteiger partial charge in [0.05, 0.1) is 5.69 Å². The summed E-state index contributed by atoms with van der Waals surface area (Å²) in [4.78, 5) is 14.4. The number of para-hydroxylation sites is 2. The Kier molecular flexibility index (Phi) is 5.38. The Morgan fingerprint density at radius 3 is 2.30 bits per heavy atom. The van der Waals surface area contributed by atoms with Crippen LogP contribution in [0.3, 0.4) is 0 Å². The van der Waals surface area contributed by atoms with Crippen molar-refractivity contribution in [1.82, 2.24) is 10.2 Å². The summed E-state index contributed by atoms with van der Waals surface area (Å²) in [5.74, 6) is -1.27. The minimum Gasteiger partial charge on any atom is -0.399 e. The SMILES string of the molecule is CN(c1ccccc1)c1ccc(NC(=O)c2nnc(Nc3ccccc3F)o2)cc1. The number of nitrogens with one attached hydrogen (secondary N) is 2. The molecule has 0 atom stereocenters. The molecule has 1 aromatic heterocycles. The van der Waals surface area contributed by atoms with Crippen LogP contribution in [-0.4, -0.2) is 23.2 Å². The Morgan fingerprint density at radius 1 is 0.900 bits per heavy atom. The topological polar surface area (TPSA) is 83.3 Å². The summed E-state index contributed by atoms with van der Waals surface area (Å²) in [6, 6.07) is 23.2. The summed E-state index contributed by atoms with van der Waals surface area (Å²) in [6.45, 7) is 0. The molecule has 150 valence electrons. The molecule has 0 bridgehead atoms. The minimum atomic E-state index is -0.562. The highest BCUT2D eigenvalue weighted by Crippen LogP contribution is 2.25. The summed E-state index contributed by atoms with van der Waals surface area (Å²) >= 11 is 0. The number of aromatic nitrogens is 2. The summed E-state index contributed by atoms with van der Waals surface area (Å²) in [5, 5.41) is 12.8. The van der Waals surface area contributed by atoms with Crippen LogP contribution in [0, 0.1) is 5.82 Å². The molecular weight excluding hydrogens is 385 g/mol. The van der Waals surface area contributed by atoms with Crippen LogP contribution < -0.4 is 15.5 Å². The smallest absolute Gasteiger partial charge is 0.320 e. The zero-order valence-electron chi connectivity index (χ0n) is 16.0. The van der Waals surface area contributed by atoms with Gasteiger partial charge < -0.3 is 20.0 Å². The van der Waals surface area contributed by atoms with Gasteiger partial charge >= 0.3 is 17.8 Å². The van der Waals surface area contributed by atoms with Gasteiger partial charge in [0.25, 0.3) is 0 Å². The standard InChI is InChI=1S/C22H18FN5O2/c1-28(16-7-3-2-4-8-16)17-13-11-15(12-14-17)24-20(29)21-26-27-22(30-21)25-19-10-6-5-9-18(19)23/h2-14H,1H3,(H,24,29)(H,25,27). The van der Waals surface area contributed by atoms with Gasteiger partial charge in [-0.15, -0.1) is 5.10 Å². The molecule has 0 unspecified atom stereocenters. The van der Waals surface area contributed by atoms with Gasteiger partial charge in [0.2, 0.25) is 0 Å². The molecule has 3 aromatic carbocycles. The van der Waals surface area contributed by atoms with Crippen LogP contribution in [0.1, 0.15) is 10.7 Å². The average molecular weight is 403 g/mol. The lowest BCUT2D eigenvalue weighted by molar-refractivity contribution is 0.0991. The molecule has 0 radical (unpaired) electrons. The van der Waals surface area contributed by atoms with Crippen LogP contribution in [0.2, 0.25) is 0 Å². The first kappa shape index (κ1) is 19.1. The Balaban J connectivity index is 1.41. The van der Waals surface area contributed by atoms with Crippen LogP contribution in [0.4, 0.5) is 33.2 Å². The third-order valence-corrected chi connectivity index (χ3v) is 4.39. The van der Waals surface area contributed by atoms with Crippen LogP contribution in [0.25, 0.3) is 0 Å². The van der Waals surface area contributed by atoms with E-state index in [0.29, 0.717) is 5.69 Å². The number of benzene rings is 3. The summed E-state index contributed by atoms with van der Waals surface area (Å²) in [7, 11) is 1.96. The normalized spacial score (nSPS) is 10.5. The fourth-order valence-electron chi connectivity index (χ4n) is 2.80. The number of hydrogen-bond donors (Lipinski definition) is 2. The van der Waals surface area contributed by atoms with E-state index in [1.807, 2.05) is 54.4 Å². The first-order valence-corrected chi connectivity index (χ1v) is 9.15. The third kappa shape index (κ3) is 4.27. The lowest BCUT2D eigenvalue weighted by atomic mass is 10.2. The van der Waals surface area contributed by atoms with E-state index in [-0.39, 0.29) is 17.6 Å².